The molecule has 0 rings (SSSR count). The molecule has 0 saturated carbocycles. The maximum atomic E-state index is 5.46. The monoisotopic (exact) mass is 185 g/mol. The normalized spacial score (nSPS) is 10.8. The summed E-state index contributed by atoms with van der Waals surface area (Å²) in [5, 5.41) is 3.05. The number of ether oxygens (including phenoxy) is 1. The van der Waals surface area contributed by atoms with Gasteiger partial charge in [0.1, 0.15) is 0 Å². The highest BCUT2D eigenvalue weighted by Crippen LogP contribution is 2.03. The molecule has 2 heteroatoms. The molecular weight excluding hydrogens is 162 g/mol. The number of rotatable bonds is 8. The van der Waals surface area contributed by atoms with Gasteiger partial charge in [-0.25, -0.2) is 0 Å². The van der Waals surface area contributed by atoms with Crippen molar-refractivity contribution in [3.63, 3.8) is 0 Å². The quantitative estimate of drug-likeness (QED) is 0.462. The molecule has 0 aliphatic rings. The minimum atomic E-state index is 0.693. The Balaban J connectivity index is 3.11. The van der Waals surface area contributed by atoms with Crippen LogP contribution in [0.2, 0.25) is 0 Å². The van der Waals surface area contributed by atoms with Crippen molar-refractivity contribution >= 4 is 0 Å². The first kappa shape index (κ1) is 12.7. The predicted octanol–water partition coefficient (Wildman–Crippen LogP) is 2.21. The Hall–Kier alpha value is -0.340. The number of nitrogens with one attached hydrogen (secondary N) is 1. The molecule has 0 aliphatic carbocycles. The summed E-state index contributed by atoms with van der Waals surface area (Å²) >= 11 is 0. The van der Waals surface area contributed by atoms with E-state index < -0.39 is 0 Å². The van der Waals surface area contributed by atoms with E-state index in [9.17, 15) is 0 Å². The van der Waals surface area contributed by atoms with E-state index in [0.717, 1.165) is 31.1 Å². The molecule has 0 unspecified atom stereocenters. The first-order valence-electron chi connectivity index (χ1n) is 5.05. The molecule has 78 valence electrons. The molecule has 1 N–H and O–H groups in total. The molecule has 0 fully saturated rings. The van der Waals surface area contributed by atoms with Gasteiger partial charge in [0.15, 0.2) is 0 Å². The molecular formula is C11H23NO. The van der Waals surface area contributed by atoms with Gasteiger partial charge in [-0.2, -0.15) is 0 Å². The van der Waals surface area contributed by atoms with Gasteiger partial charge in [-0.05, 0) is 31.4 Å². The topological polar surface area (TPSA) is 21.3 Å². The lowest BCUT2D eigenvalue weighted by atomic mass is 10.1. The number of likely N-dealkylation sites (N-methyl/N-ethyl adjacent to an activating group) is 1. The molecule has 0 saturated heterocycles. The van der Waals surface area contributed by atoms with Crippen LogP contribution in [0.15, 0.2) is 12.2 Å². The Kier molecular flexibility index (Phi) is 8.05. The van der Waals surface area contributed by atoms with E-state index in [0.29, 0.717) is 6.61 Å². The highest BCUT2D eigenvalue weighted by atomic mass is 16.5. The Morgan fingerprint density at radius 1 is 1.46 bits per heavy atom. The zero-order valence-corrected chi connectivity index (χ0v) is 9.23. The number of hydrogen-bond donors (Lipinski definition) is 1. The van der Waals surface area contributed by atoms with Gasteiger partial charge >= 0.3 is 0 Å². The third-order valence-electron chi connectivity index (χ3n) is 1.80. The fourth-order valence-electron chi connectivity index (χ4n) is 1.11. The van der Waals surface area contributed by atoms with Gasteiger partial charge in [0.25, 0.3) is 0 Å². The minimum Gasteiger partial charge on any atom is -0.377 e. The maximum Gasteiger partial charge on any atom is 0.0686 e. The lowest BCUT2D eigenvalue weighted by molar-refractivity contribution is 0.148. The second-order valence-corrected chi connectivity index (χ2v) is 3.87. The van der Waals surface area contributed by atoms with Crippen molar-refractivity contribution in [2.45, 2.75) is 26.7 Å². The minimum absolute atomic E-state index is 0.693. The summed E-state index contributed by atoms with van der Waals surface area (Å²) in [7, 11) is 1.92. The van der Waals surface area contributed by atoms with Gasteiger partial charge in [-0.1, -0.05) is 20.4 Å². The molecule has 0 amide bonds. The Labute approximate surface area is 82.4 Å². The van der Waals surface area contributed by atoms with Crippen LogP contribution in [0.5, 0.6) is 0 Å². The van der Waals surface area contributed by atoms with Crippen molar-refractivity contribution in [3.8, 4) is 0 Å². The Morgan fingerprint density at radius 3 is 2.69 bits per heavy atom. The third kappa shape index (κ3) is 9.57. The zero-order valence-electron chi connectivity index (χ0n) is 9.23. The second kappa shape index (κ2) is 8.27. The van der Waals surface area contributed by atoms with E-state index in [1.807, 2.05) is 7.05 Å². The summed E-state index contributed by atoms with van der Waals surface area (Å²) in [6.45, 7) is 10.8. The van der Waals surface area contributed by atoms with Crippen molar-refractivity contribution in [2.75, 3.05) is 26.8 Å². The summed E-state index contributed by atoms with van der Waals surface area (Å²) < 4.78 is 5.46. The van der Waals surface area contributed by atoms with E-state index in [-0.39, 0.29) is 0 Å². The van der Waals surface area contributed by atoms with E-state index in [1.165, 1.54) is 6.42 Å². The van der Waals surface area contributed by atoms with E-state index in [1.54, 1.807) is 0 Å². The van der Waals surface area contributed by atoms with E-state index in [4.69, 9.17) is 4.74 Å². The van der Waals surface area contributed by atoms with Crippen LogP contribution in [-0.4, -0.2) is 26.8 Å². The molecule has 0 aliphatic heterocycles. The van der Waals surface area contributed by atoms with Gasteiger partial charge < -0.3 is 10.1 Å². The molecule has 0 aromatic heterocycles. The van der Waals surface area contributed by atoms with Crippen LogP contribution in [0.3, 0.4) is 0 Å². The predicted molar refractivity (Wildman–Crippen MR) is 58.0 cm³/mol. The molecule has 0 heterocycles. The summed E-state index contributed by atoms with van der Waals surface area (Å²) in [6.07, 6.45) is 2.41. The molecule has 2 nitrogen and oxygen atoms in total. The summed E-state index contributed by atoms with van der Waals surface area (Å²) in [5.74, 6) is 0.782. The van der Waals surface area contributed by atoms with Gasteiger partial charge in [0.05, 0.1) is 6.61 Å². The molecule has 0 radical (unpaired) electrons. The first-order valence-corrected chi connectivity index (χ1v) is 5.05. The molecule has 0 atom stereocenters. The van der Waals surface area contributed by atoms with E-state index in [2.05, 4.69) is 25.7 Å². The van der Waals surface area contributed by atoms with Crippen LogP contribution >= 0.6 is 0 Å². The smallest absolute Gasteiger partial charge is 0.0686 e. The standard InChI is InChI=1S/C11H23NO/c1-10(2)6-5-7-13-9-11(3)8-12-4/h10,12H,3,5-9H2,1-2,4H3. The molecule has 0 aromatic rings. The molecule has 0 spiro atoms. The average molecular weight is 185 g/mol. The van der Waals surface area contributed by atoms with Gasteiger partial charge in [-0.3, -0.25) is 0 Å². The highest BCUT2D eigenvalue weighted by molar-refractivity contribution is 4.96. The third-order valence-corrected chi connectivity index (χ3v) is 1.80. The number of hydrogen-bond acceptors (Lipinski definition) is 2. The van der Waals surface area contributed by atoms with Crippen LogP contribution < -0.4 is 5.32 Å². The van der Waals surface area contributed by atoms with Gasteiger partial charge in [-0.15, -0.1) is 0 Å². The lowest BCUT2D eigenvalue weighted by Gasteiger charge is -2.07. The molecule has 0 aromatic carbocycles. The van der Waals surface area contributed by atoms with Crippen molar-refractivity contribution in [1.82, 2.24) is 5.32 Å². The first-order chi connectivity index (χ1) is 6.16. The van der Waals surface area contributed by atoms with E-state index >= 15 is 0 Å². The lowest BCUT2D eigenvalue weighted by Crippen LogP contribution is -2.13. The SMILES string of the molecule is C=C(CNC)COCCCC(C)C. The fourth-order valence-corrected chi connectivity index (χ4v) is 1.11. The van der Waals surface area contributed by atoms with Gasteiger partial charge in [0.2, 0.25) is 0 Å². The van der Waals surface area contributed by atoms with Crippen LogP contribution in [0.1, 0.15) is 26.7 Å². The summed E-state index contributed by atoms with van der Waals surface area (Å²) in [5.41, 5.74) is 1.12. The van der Waals surface area contributed by atoms with Crippen molar-refractivity contribution in [2.24, 2.45) is 5.92 Å². The average Bonchev–Trinajstić information content (AvgIpc) is 2.03. The maximum absolute atomic E-state index is 5.46. The zero-order chi connectivity index (χ0) is 10.1. The summed E-state index contributed by atoms with van der Waals surface area (Å²) in [6, 6.07) is 0. The highest BCUT2D eigenvalue weighted by Gasteiger charge is 1.95. The largest absolute Gasteiger partial charge is 0.377 e. The Bertz CT molecular complexity index is 132. The molecule has 0 bridgehead atoms. The van der Waals surface area contributed by atoms with Crippen molar-refractivity contribution < 1.29 is 4.74 Å². The van der Waals surface area contributed by atoms with Crippen molar-refractivity contribution in [1.29, 1.82) is 0 Å². The Morgan fingerprint density at radius 2 is 2.15 bits per heavy atom. The van der Waals surface area contributed by atoms with Crippen LogP contribution in [0.4, 0.5) is 0 Å². The van der Waals surface area contributed by atoms with Crippen LogP contribution in [-0.2, 0) is 4.74 Å². The van der Waals surface area contributed by atoms with Crippen LogP contribution in [0, 0.1) is 5.92 Å². The summed E-state index contributed by atoms with van der Waals surface area (Å²) in [4.78, 5) is 0. The fraction of sp³-hybridized carbons (Fsp3) is 0.818. The van der Waals surface area contributed by atoms with Crippen molar-refractivity contribution in [3.05, 3.63) is 12.2 Å². The molecule has 13 heavy (non-hydrogen) atoms. The van der Waals surface area contributed by atoms with Gasteiger partial charge in [0, 0.05) is 13.2 Å². The second-order valence-electron chi connectivity index (χ2n) is 3.87. The van der Waals surface area contributed by atoms with Crippen LogP contribution in [0.25, 0.3) is 0 Å².